The van der Waals surface area contributed by atoms with Gasteiger partial charge in [0.05, 0.1) is 5.92 Å². The minimum absolute atomic E-state index is 0.198. The lowest BCUT2D eigenvalue weighted by Crippen LogP contribution is -2.42. The van der Waals surface area contributed by atoms with E-state index < -0.39 is 11.9 Å². The molecule has 2 amide bonds. The van der Waals surface area contributed by atoms with Gasteiger partial charge in [-0.2, -0.15) is 0 Å². The van der Waals surface area contributed by atoms with Crippen LogP contribution in [0, 0.1) is 11.8 Å². The van der Waals surface area contributed by atoms with Gasteiger partial charge in [-0.05, 0) is 30.0 Å². The third-order valence-corrected chi connectivity index (χ3v) is 4.34. The molecule has 2 unspecified atom stereocenters. The molecule has 2 N–H and O–H groups in total. The summed E-state index contributed by atoms with van der Waals surface area (Å²) in [5.41, 5.74) is 1.23. The van der Waals surface area contributed by atoms with Crippen LogP contribution in [0.1, 0.15) is 25.8 Å². The monoisotopic (exact) mass is 384 g/mol. The fourth-order valence-electron chi connectivity index (χ4n) is 2.30. The van der Waals surface area contributed by atoms with Crippen LogP contribution in [0.25, 0.3) is 0 Å². The Morgan fingerprint density at radius 1 is 1.39 bits per heavy atom. The van der Waals surface area contributed by atoms with Crippen LogP contribution in [-0.4, -0.2) is 42.1 Å². The second kappa shape index (κ2) is 9.55. The van der Waals surface area contributed by atoms with Gasteiger partial charge < -0.3 is 15.3 Å². The summed E-state index contributed by atoms with van der Waals surface area (Å²) >= 11 is 3.47. The van der Waals surface area contributed by atoms with Crippen molar-refractivity contribution in [2.75, 3.05) is 20.1 Å². The minimum Gasteiger partial charge on any atom is -0.481 e. The number of urea groups is 1. The van der Waals surface area contributed by atoms with Gasteiger partial charge in [-0.15, -0.1) is 0 Å². The highest BCUT2D eigenvalue weighted by Gasteiger charge is 2.18. The number of carboxylic acids is 1. The van der Waals surface area contributed by atoms with Gasteiger partial charge in [0, 0.05) is 24.6 Å². The van der Waals surface area contributed by atoms with E-state index in [2.05, 4.69) is 40.3 Å². The molecule has 128 valence electrons. The number of hydrogen-bond acceptors (Lipinski definition) is 2. The summed E-state index contributed by atoms with van der Waals surface area (Å²) in [6, 6.07) is 7.93. The molecule has 23 heavy (non-hydrogen) atoms. The van der Waals surface area contributed by atoms with Crippen molar-refractivity contribution < 1.29 is 14.7 Å². The SMILES string of the molecule is CCC(CNC(=O)N(C)CC(C)C(=O)O)Cc1cccc(Br)c1. The highest BCUT2D eigenvalue weighted by Crippen LogP contribution is 2.16. The van der Waals surface area contributed by atoms with Crippen molar-refractivity contribution in [1.29, 1.82) is 0 Å². The van der Waals surface area contributed by atoms with Gasteiger partial charge in [-0.3, -0.25) is 4.79 Å². The molecule has 0 aliphatic heterocycles. The van der Waals surface area contributed by atoms with Crippen LogP contribution in [-0.2, 0) is 11.2 Å². The predicted molar refractivity (Wildman–Crippen MR) is 94.5 cm³/mol. The normalized spacial score (nSPS) is 13.2. The summed E-state index contributed by atoms with van der Waals surface area (Å²) in [5, 5.41) is 11.8. The van der Waals surface area contributed by atoms with Crippen molar-refractivity contribution in [2.45, 2.75) is 26.7 Å². The van der Waals surface area contributed by atoms with E-state index in [9.17, 15) is 9.59 Å². The quantitative estimate of drug-likeness (QED) is 0.721. The third-order valence-electron chi connectivity index (χ3n) is 3.85. The fraction of sp³-hybridized carbons (Fsp3) is 0.529. The largest absolute Gasteiger partial charge is 0.481 e. The number of carbonyl (C=O) groups excluding carboxylic acids is 1. The number of halogens is 1. The molecule has 0 aliphatic carbocycles. The maximum Gasteiger partial charge on any atom is 0.317 e. The number of benzene rings is 1. The van der Waals surface area contributed by atoms with E-state index in [-0.39, 0.29) is 12.6 Å². The summed E-state index contributed by atoms with van der Waals surface area (Å²) in [6.07, 6.45) is 1.85. The molecule has 0 radical (unpaired) electrons. The second-order valence-electron chi connectivity index (χ2n) is 5.91. The molecule has 0 saturated heterocycles. The number of rotatable bonds is 8. The molecule has 5 nitrogen and oxygen atoms in total. The molecule has 6 heteroatoms. The van der Waals surface area contributed by atoms with Gasteiger partial charge in [0.2, 0.25) is 0 Å². The molecule has 0 bridgehead atoms. The smallest absolute Gasteiger partial charge is 0.317 e. The third kappa shape index (κ3) is 7.03. The lowest BCUT2D eigenvalue weighted by atomic mass is 9.97. The van der Waals surface area contributed by atoms with Crippen LogP contribution < -0.4 is 5.32 Å². The second-order valence-corrected chi connectivity index (χ2v) is 6.83. The van der Waals surface area contributed by atoms with Crippen LogP contribution in [0.2, 0.25) is 0 Å². The number of nitrogens with one attached hydrogen (secondary N) is 1. The molecular weight excluding hydrogens is 360 g/mol. The van der Waals surface area contributed by atoms with Gasteiger partial charge in [0.25, 0.3) is 0 Å². The fourth-order valence-corrected chi connectivity index (χ4v) is 2.74. The van der Waals surface area contributed by atoms with Crippen LogP contribution in [0.5, 0.6) is 0 Å². The Bertz CT molecular complexity index is 536. The zero-order chi connectivity index (χ0) is 17.4. The number of carbonyl (C=O) groups is 2. The molecule has 1 aromatic rings. The first-order valence-electron chi connectivity index (χ1n) is 7.79. The van der Waals surface area contributed by atoms with E-state index in [0.29, 0.717) is 12.5 Å². The summed E-state index contributed by atoms with van der Waals surface area (Å²) in [4.78, 5) is 24.3. The zero-order valence-electron chi connectivity index (χ0n) is 13.9. The summed E-state index contributed by atoms with van der Waals surface area (Å²) in [6.45, 7) is 4.47. The van der Waals surface area contributed by atoms with Gasteiger partial charge >= 0.3 is 12.0 Å². The summed E-state index contributed by atoms with van der Waals surface area (Å²) < 4.78 is 1.05. The van der Waals surface area contributed by atoms with E-state index >= 15 is 0 Å². The predicted octanol–water partition coefficient (Wildman–Crippen LogP) is 3.38. The maximum atomic E-state index is 12.0. The highest BCUT2D eigenvalue weighted by atomic mass is 79.9. The molecule has 0 heterocycles. The van der Waals surface area contributed by atoms with E-state index in [0.717, 1.165) is 17.3 Å². The first-order chi connectivity index (χ1) is 10.8. The first kappa shape index (κ1) is 19.5. The van der Waals surface area contributed by atoms with E-state index in [1.165, 1.54) is 10.5 Å². The first-order valence-corrected chi connectivity index (χ1v) is 8.59. The average Bonchev–Trinajstić information content (AvgIpc) is 2.50. The van der Waals surface area contributed by atoms with Crippen molar-refractivity contribution in [1.82, 2.24) is 10.2 Å². The Hall–Kier alpha value is -1.56. The molecule has 1 rings (SSSR count). The van der Waals surface area contributed by atoms with Crippen molar-refractivity contribution in [2.24, 2.45) is 11.8 Å². The Balaban J connectivity index is 2.47. The van der Waals surface area contributed by atoms with Crippen molar-refractivity contribution >= 4 is 27.9 Å². The number of nitrogens with zero attached hydrogens (tertiary/aromatic N) is 1. The highest BCUT2D eigenvalue weighted by molar-refractivity contribution is 9.10. The molecule has 0 saturated carbocycles. The van der Waals surface area contributed by atoms with E-state index in [1.54, 1.807) is 14.0 Å². The molecule has 0 fully saturated rings. The van der Waals surface area contributed by atoms with Gasteiger partial charge in [-0.1, -0.05) is 48.3 Å². The Morgan fingerprint density at radius 3 is 2.65 bits per heavy atom. The van der Waals surface area contributed by atoms with Gasteiger partial charge in [-0.25, -0.2) is 4.79 Å². The minimum atomic E-state index is -0.897. The lowest BCUT2D eigenvalue weighted by molar-refractivity contribution is -0.141. The van der Waals surface area contributed by atoms with Gasteiger partial charge in [0.1, 0.15) is 0 Å². The molecule has 1 aromatic carbocycles. The van der Waals surface area contributed by atoms with Crippen LogP contribution in [0.4, 0.5) is 4.79 Å². The van der Waals surface area contributed by atoms with Gasteiger partial charge in [0.15, 0.2) is 0 Å². The summed E-state index contributed by atoms with van der Waals surface area (Å²) in [5.74, 6) is -1.13. The number of hydrogen-bond donors (Lipinski definition) is 2. The average molecular weight is 385 g/mol. The number of carboxylic acid groups (broad SMARTS) is 1. The Kier molecular flexibility index (Phi) is 8.09. The van der Waals surface area contributed by atoms with Crippen LogP contribution in [0.15, 0.2) is 28.7 Å². The van der Waals surface area contributed by atoms with Crippen molar-refractivity contribution in [3.63, 3.8) is 0 Å². The standard InChI is InChI=1S/C17H25BrN2O3/c1-4-13(8-14-6-5-7-15(18)9-14)10-19-17(23)20(3)11-12(2)16(21)22/h5-7,9,12-13H,4,8,10-11H2,1-3H3,(H,19,23)(H,21,22). The number of amides is 2. The van der Waals surface area contributed by atoms with Crippen LogP contribution in [0.3, 0.4) is 0 Å². The molecule has 2 atom stereocenters. The van der Waals surface area contributed by atoms with Crippen LogP contribution >= 0.6 is 15.9 Å². The number of aliphatic carboxylic acids is 1. The zero-order valence-corrected chi connectivity index (χ0v) is 15.5. The molecule has 0 aromatic heterocycles. The van der Waals surface area contributed by atoms with E-state index in [1.807, 2.05) is 12.1 Å². The molecule has 0 spiro atoms. The topological polar surface area (TPSA) is 69.6 Å². The molecular formula is C17H25BrN2O3. The van der Waals surface area contributed by atoms with Crippen molar-refractivity contribution in [3.8, 4) is 0 Å². The Morgan fingerprint density at radius 2 is 2.09 bits per heavy atom. The molecule has 0 aliphatic rings. The lowest BCUT2D eigenvalue weighted by Gasteiger charge is -2.22. The van der Waals surface area contributed by atoms with Crippen molar-refractivity contribution in [3.05, 3.63) is 34.3 Å². The van der Waals surface area contributed by atoms with E-state index in [4.69, 9.17) is 5.11 Å². The maximum absolute atomic E-state index is 12.0. The summed E-state index contributed by atoms with van der Waals surface area (Å²) in [7, 11) is 1.62. The Labute approximate surface area is 146 Å².